The molecule has 0 aliphatic heterocycles. The first-order valence-electron chi connectivity index (χ1n) is 6.55. The van der Waals surface area contributed by atoms with Gasteiger partial charge in [0.05, 0.1) is 11.6 Å². The second-order valence-electron chi connectivity index (χ2n) is 5.07. The van der Waals surface area contributed by atoms with Gasteiger partial charge in [-0.1, -0.05) is 0 Å². The molecule has 1 aliphatic carbocycles. The van der Waals surface area contributed by atoms with Crippen LogP contribution in [0.2, 0.25) is 0 Å². The summed E-state index contributed by atoms with van der Waals surface area (Å²) in [5, 5.41) is 16.0. The van der Waals surface area contributed by atoms with Crippen molar-refractivity contribution in [3.8, 4) is 0 Å². The van der Waals surface area contributed by atoms with Gasteiger partial charge in [0.1, 0.15) is 0 Å². The Morgan fingerprint density at radius 1 is 1.47 bits per heavy atom. The van der Waals surface area contributed by atoms with E-state index in [1.807, 2.05) is 19.3 Å². The lowest BCUT2D eigenvalue weighted by Gasteiger charge is -2.10. The fourth-order valence-corrected chi connectivity index (χ4v) is 2.50. The quantitative estimate of drug-likeness (QED) is 0.815. The zero-order valence-electron chi connectivity index (χ0n) is 11.0. The van der Waals surface area contributed by atoms with Gasteiger partial charge >= 0.3 is 5.97 Å². The first-order valence-corrected chi connectivity index (χ1v) is 6.55. The molecule has 0 aromatic carbocycles. The molecule has 1 saturated carbocycles. The van der Waals surface area contributed by atoms with Crippen LogP contribution in [0.4, 0.5) is 0 Å². The molecule has 1 aromatic heterocycles. The second-order valence-corrected chi connectivity index (χ2v) is 5.07. The number of nitrogens with zero attached hydrogens (tertiary/aromatic N) is 2. The van der Waals surface area contributed by atoms with Crippen molar-refractivity contribution in [2.75, 3.05) is 6.54 Å². The van der Waals surface area contributed by atoms with Crippen molar-refractivity contribution >= 4 is 11.9 Å². The SMILES string of the molecule is Cn1ccc(CCNC(=O)C2CCC(C(=O)O)C2)n1. The van der Waals surface area contributed by atoms with E-state index in [2.05, 4.69) is 10.4 Å². The van der Waals surface area contributed by atoms with Crippen LogP contribution in [0, 0.1) is 11.8 Å². The summed E-state index contributed by atoms with van der Waals surface area (Å²) < 4.78 is 1.73. The smallest absolute Gasteiger partial charge is 0.306 e. The highest BCUT2D eigenvalue weighted by Crippen LogP contribution is 2.30. The summed E-state index contributed by atoms with van der Waals surface area (Å²) in [6, 6.07) is 1.92. The topological polar surface area (TPSA) is 84.2 Å². The van der Waals surface area contributed by atoms with Crippen LogP contribution in [0.3, 0.4) is 0 Å². The highest BCUT2D eigenvalue weighted by molar-refractivity contribution is 5.80. The number of carboxylic acids is 1. The predicted molar refractivity (Wildman–Crippen MR) is 68.4 cm³/mol. The molecule has 2 atom stereocenters. The Morgan fingerprint density at radius 3 is 2.79 bits per heavy atom. The number of aromatic nitrogens is 2. The average molecular weight is 265 g/mol. The van der Waals surface area contributed by atoms with Gasteiger partial charge in [0.15, 0.2) is 0 Å². The van der Waals surface area contributed by atoms with Crippen molar-refractivity contribution in [2.24, 2.45) is 18.9 Å². The van der Waals surface area contributed by atoms with Crippen LogP contribution in [-0.4, -0.2) is 33.3 Å². The molecule has 6 nitrogen and oxygen atoms in total. The molecule has 1 aromatic rings. The molecule has 0 radical (unpaired) electrons. The summed E-state index contributed by atoms with van der Waals surface area (Å²) in [7, 11) is 1.85. The van der Waals surface area contributed by atoms with Gasteiger partial charge in [0.2, 0.25) is 5.91 Å². The highest BCUT2D eigenvalue weighted by atomic mass is 16.4. The summed E-state index contributed by atoms with van der Waals surface area (Å²) >= 11 is 0. The fourth-order valence-electron chi connectivity index (χ4n) is 2.50. The second kappa shape index (κ2) is 5.86. The first-order chi connectivity index (χ1) is 9.06. The Morgan fingerprint density at radius 2 is 2.21 bits per heavy atom. The van der Waals surface area contributed by atoms with E-state index in [9.17, 15) is 9.59 Å². The largest absolute Gasteiger partial charge is 0.481 e. The molecule has 2 rings (SSSR count). The van der Waals surface area contributed by atoms with Gasteiger partial charge in [-0.2, -0.15) is 5.10 Å². The normalized spacial score (nSPS) is 22.4. The third kappa shape index (κ3) is 3.56. The number of hydrogen-bond acceptors (Lipinski definition) is 3. The molecule has 0 bridgehead atoms. The van der Waals surface area contributed by atoms with Crippen LogP contribution in [0.15, 0.2) is 12.3 Å². The summed E-state index contributed by atoms with van der Waals surface area (Å²) in [6.45, 7) is 0.546. The van der Waals surface area contributed by atoms with E-state index in [1.165, 1.54) is 0 Å². The molecule has 19 heavy (non-hydrogen) atoms. The van der Waals surface area contributed by atoms with Crippen molar-refractivity contribution in [2.45, 2.75) is 25.7 Å². The molecule has 0 spiro atoms. The molecule has 1 aliphatic rings. The summed E-state index contributed by atoms with van der Waals surface area (Å²) in [5.74, 6) is -1.32. The minimum Gasteiger partial charge on any atom is -0.481 e. The minimum absolute atomic E-state index is 0.0281. The molecule has 104 valence electrons. The molecule has 1 amide bonds. The zero-order valence-corrected chi connectivity index (χ0v) is 11.0. The number of carboxylic acid groups (broad SMARTS) is 1. The van der Waals surface area contributed by atoms with E-state index in [0.717, 1.165) is 5.69 Å². The number of aliphatic carboxylic acids is 1. The Balaban J connectivity index is 1.72. The third-order valence-corrected chi connectivity index (χ3v) is 3.60. The van der Waals surface area contributed by atoms with Crippen LogP contribution < -0.4 is 5.32 Å². The number of rotatable bonds is 5. The lowest BCUT2D eigenvalue weighted by atomic mass is 10.0. The van der Waals surface area contributed by atoms with Crippen LogP contribution >= 0.6 is 0 Å². The Bertz CT molecular complexity index is 469. The summed E-state index contributed by atoms with van der Waals surface area (Å²) in [5.41, 5.74) is 0.942. The standard InChI is InChI=1S/C13H19N3O3/c1-16-7-5-11(15-16)4-6-14-12(17)9-2-3-10(8-9)13(18)19/h5,7,9-10H,2-4,6,8H2,1H3,(H,14,17)(H,18,19). The highest BCUT2D eigenvalue weighted by Gasteiger charge is 2.33. The number of carbonyl (C=O) groups excluding carboxylic acids is 1. The van der Waals surface area contributed by atoms with Crippen LogP contribution in [0.5, 0.6) is 0 Å². The predicted octanol–water partition coefficient (Wildman–Crippen LogP) is 0.580. The van der Waals surface area contributed by atoms with E-state index in [0.29, 0.717) is 32.2 Å². The van der Waals surface area contributed by atoms with E-state index in [4.69, 9.17) is 5.11 Å². The van der Waals surface area contributed by atoms with Gasteiger partial charge in [-0.05, 0) is 25.3 Å². The van der Waals surface area contributed by atoms with Crippen molar-refractivity contribution in [3.05, 3.63) is 18.0 Å². The van der Waals surface area contributed by atoms with Crippen molar-refractivity contribution in [3.63, 3.8) is 0 Å². The lowest BCUT2D eigenvalue weighted by molar-refractivity contribution is -0.141. The fraction of sp³-hybridized carbons (Fsp3) is 0.615. The van der Waals surface area contributed by atoms with Crippen LogP contribution in [0.1, 0.15) is 25.0 Å². The Hall–Kier alpha value is -1.85. The molecule has 6 heteroatoms. The third-order valence-electron chi connectivity index (χ3n) is 3.60. The number of amides is 1. The number of hydrogen-bond donors (Lipinski definition) is 2. The maximum atomic E-state index is 11.9. The molecule has 1 fully saturated rings. The van der Waals surface area contributed by atoms with E-state index in [1.54, 1.807) is 4.68 Å². The van der Waals surface area contributed by atoms with Crippen molar-refractivity contribution in [1.29, 1.82) is 0 Å². The van der Waals surface area contributed by atoms with Crippen molar-refractivity contribution in [1.82, 2.24) is 15.1 Å². The molecule has 0 saturated heterocycles. The van der Waals surface area contributed by atoms with Gasteiger partial charge < -0.3 is 10.4 Å². The maximum Gasteiger partial charge on any atom is 0.306 e. The van der Waals surface area contributed by atoms with E-state index >= 15 is 0 Å². The summed E-state index contributed by atoms with van der Waals surface area (Å²) in [4.78, 5) is 22.7. The number of carbonyl (C=O) groups is 2. The average Bonchev–Trinajstić information content (AvgIpc) is 2.98. The Kier molecular flexibility index (Phi) is 4.19. The summed E-state index contributed by atoms with van der Waals surface area (Å²) in [6.07, 6.45) is 4.30. The van der Waals surface area contributed by atoms with Gasteiger partial charge in [0.25, 0.3) is 0 Å². The number of aryl methyl sites for hydroxylation is 1. The van der Waals surface area contributed by atoms with Crippen molar-refractivity contribution < 1.29 is 14.7 Å². The van der Waals surface area contributed by atoms with E-state index in [-0.39, 0.29) is 17.7 Å². The molecule has 2 N–H and O–H groups in total. The molecular weight excluding hydrogens is 246 g/mol. The van der Waals surface area contributed by atoms with Gasteiger partial charge in [-0.25, -0.2) is 0 Å². The Labute approximate surface area is 111 Å². The molecular formula is C13H19N3O3. The number of nitrogens with one attached hydrogen (secondary N) is 1. The monoisotopic (exact) mass is 265 g/mol. The zero-order chi connectivity index (χ0) is 13.8. The van der Waals surface area contributed by atoms with Gasteiger partial charge in [0, 0.05) is 32.1 Å². The lowest BCUT2D eigenvalue weighted by Crippen LogP contribution is -2.31. The van der Waals surface area contributed by atoms with Gasteiger partial charge in [-0.3, -0.25) is 14.3 Å². The first kappa shape index (κ1) is 13.6. The van der Waals surface area contributed by atoms with Crippen LogP contribution in [-0.2, 0) is 23.1 Å². The van der Waals surface area contributed by atoms with E-state index < -0.39 is 5.97 Å². The van der Waals surface area contributed by atoms with Crippen LogP contribution in [0.25, 0.3) is 0 Å². The minimum atomic E-state index is -0.788. The maximum absolute atomic E-state index is 11.9. The molecule has 2 unspecified atom stereocenters. The van der Waals surface area contributed by atoms with Gasteiger partial charge in [-0.15, -0.1) is 0 Å². The molecule has 1 heterocycles.